The smallest absolute Gasteiger partial charge is 0.246 e. The summed E-state index contributed by atoms with van der Waals surface area (Å²) in [4.78, 5) is 14.4. The number of benzene rings is 1. The highest BCUT2D eigenvalue weighted by Gasteiger charge is 2.31. The highest BCUT2D eigenvalue weighted by Crippen LogP contribution is 2.28. The van der Waals surface area contributed by atoms with Gasteiger partial charge in [-0.3, -0.25) is 4.79 Å². The highest BCUT2D eigenvalue weighted by atomic mass is 16.2. The van der Waals surface area contributed by atoms with E-state index in [0.29, 0.717) is 12.0 Å². The van der Waals surface area contributed by atoms with Crippen molar-refractivity contribution >= 4 is 12.0 Å². The third-order valence-electron chi connectivity index (χ3n) is 3.87. The van der Waals surface area contributed by atoms with E-state index < -0.39 is 0 Å². The van der Waals surface area contributed by atoms with Gasteiger partial charge < -0.3 is 4.90 Å². The Hall–Kier alpha value is -2.36. The Labute approximate surface area is 137 Å². The fraction of sp³-hybridized carbons (Fsp3) is 0.368. The number of para-hydroxylation sites is 1. The van der Waals surface area contributed by atoms with Crippen LogP contribution in [-0.2, 0) is 4.79 Å². The van der Waals surface area contributed by atoms with Crippen LogP contribution in [0.4, 0.5) is 0 Å². The molecular weight excluding hydrogens is 286 g/mol. The number of amides is 1. The van der Waals surface area contributed by atoms with E-state index in [-0.39, 0.29) is 5.91 Å². The zero-order valence-electron chi connectivity index (χ0n) is 13.7. The van der Waals surface area contributed by atoms with E-state index in [4.69, 9.17) is 0 Å². The first kappa shape index (κ1) is 15.5. The predicted octanol–water partition coefficient (Wildman–Crippen LogP) is 3.53. The first-order valence-electron chi connectivity index (χ1n) is 8.22. The normalized spacial score (nSPS) is 14.6. The SMILES string of the molecule is CC(C)CN(C(=O)/C=C/c1cnn(-c2ccccc2)c1)C1CC1. The molecule has 0 bridgehead atoms. The third kappa shape index (κ3) is 4.09. The zero-order chi connectivity index (χ0) is 16.2. The second-order valence-electron chi connectivity index (χ2n) is 6.50. The highest BCUT2D eigenvalue weighted by molar-refractivity contribution is 5.92. The number of carbonyl (C=O) groups excluding carboxylic acids is 1. The lowest BCUT2D eigenvalue weighted by atomic mass is 10.2. The monoisotopic (exact) mass is 309 g/mol. The average Bonchev–Trinajstić information content (AvgIpc) is 3.28. The number of rotatable bonds is 6. The first-order valence-corrected chi connectivity index (χ1v) is 8.22. The van der Waals surface area contributed by atoms with Gasteiger partial charge in [-0.05, 0) is 37.0 Å². The number of aromatic nitrogens is 2. The van der Waals surface area contributed by atoms with Crippen LogP contribution in [0.3, 0.4) is 0 Å². The van der Waals surface area contributed by atoms with E-state index in [1.54, 1.807) is 12.3 Å². The molecule has 4 heteroatoms. The summed E-state index contributed by atoms with van der Waals surface area (Å²) in [6.45, 7) is 5.13. The molecule has 0 saturated heterocycles. The van der Waals surface area contributed by atoms with Gasteiger partial charge in [0.2, 0.25) is 5.91 Å². The van der Waals surface area contributed by atoms with Crippen molar-refractivity contribution in [1.29, 1.82) is 0 Å². The van der Waals surface area contributed by atoms with Crippen LogP contribution in [0.5, 0.6) is 0 Å². The maximum Gasteiger partial charge on any atom is 0.246 e. The van der Waals surface area contributed by atoms with Gasteiger partial charge in [0.05, 0.1) is 11.9 Å². The van der Waals surface area contributed by atoms with Crippen molar-refractivity contribution < 1.29 is 4.79 Å². The van der Waals surface area contributed by atoms with Crippen molar-refractivity contribution in [3.8, 4) is 5.69 Å². The largest absolute Gasteiger partial charge is 0.336 e. The molecule has 0 N–H and O–H groups in total. The van der Waals surface area contributed by atoms with Gasteiger partial charge in [0.1, 0.15) is 0 Å². The molecule has 4 nitrogen and oxygen atoms in total. The van der Waals surface area contributed by atoms with E-state index in [0.717, 1.165) is 30.6 Å². The summed E-state index contributed by atoms with van der Waals surface area (Å²) in [6.07, 6.45) is 9.51. The first-order chi connectivity index (χ1) is 11.1. The van der Waals surface area contributed by atoms with Crippen molar-refractivity contribution in [1.82, 2.24) is 14.7 Å². The van der Waals surface area contributed by atoms with Crippen LogP contribution < -0.4 is 0 Å². The average molecular weight is 309 g/mol. The summed E-state index contributed by atoms with van der Waals surface area (Å²) in [5, 5.41) is 4.35. The van der Waals surface area contributed by atoms with E-state index in [9.17, 15) is 4.79 Å². The molecule has 1 aliphatic rings. The number of hydrogen-bond donors (Lipinski definition) is 0. The predicted molar refractivity (Wildman–Crippen MR) is 92.2 cm³/mol. The van der Waals surface area contributed by atoms with Gasteiger partial charge in [0, 0.05) is 30.4 Å². The molecule has 1 aliphatic carbocycles. The molecular formula is C19H23N3O. The summed E-state index contributed by atoms with van der Waals surface area (Å²) in [5.41, 5.74) is 1.94. The Morgan fingerprint density at radius 3 is 2.74 bits per heavy atom. The maximum absolute atomic E-state index is 12.4. The lowest BCUT2D eigenvalue weighted by Gasteiger charge is -2.22. The summed E-state index contributed by atoms with van der Waals surface area (Å²) < 4.78 is 1.82. The Morgan fingerprint density at radius 1 is 1.35 bits per heavy atom. The Balaban J connectivity index is 1.67. The standard InChI is InChI=1S/C19H23N3O/c1-15(2)13-21(17-9-10-17)19(23)11-8-16-12-20-22(14-16)18-6-4-3-5-7-18/h3-8,11-12,14-15,17H,9-10,13H2,1-2H3/b11-8+. The zero-order valence-corrected chi connectivity index (χ0v) is 13.7. The van der Waals surface area contributed by atoms with Crippen LogP contribution in [0.15, 0.2) is 48.8 Å². The van der Waals surface area contributed by atoms with Gasteiger partial charge in [-0.25, -0.2) is 4.68 Å². The van der Waals surface area contributed by atoms with Gasteiger partial charge in [-0.2, -0.15) is 5.10 Å². The minimum absolute atomic E-state index is 0.105. The van der Waals surface area contributed by atoms with Crippen LogP contribution in [0, 0.1) is 5.92 Å². The molecule has 23 heavy (non-hydrogen) atoms. The molecule has 1 amide bonds. The fourth-order valence-electron chi connectivity index (χ4n) is 2.61. The Morgan fingerprint density at radius 2 is 2.09 bits per heavy atom. The fourth-order valence-corrected chi connectivity index (χ4v) is 2.61. The van der Waals surface area contributed by atoms with Crippen molar-refractivity contribution in [2.24, 2.45) is 5.92 Å². The number of nitrogens with zero attached hydrogens (tertiary/aromatic N) is 3. The van der Waals surface area contributed by atoms with E-state index in [1.165, 1.54) is 0 Å². The molecule has 1 heterocycles. The molecule has 0 unspecified atom stereocenters. The number of carbonyl (C=O) groups is 1. The third-order valence-corrected chi connectivity index (χ3v) is 3.87. The summed E-state index contributed by atoms with van der Waals surface area (Å²) >= 11 is 0. The minimum Gasteiger partial charge on any atom is -0.336 e. The lowest BCUT2D eigenvalue weighted by Crippen LogP contribution is -2.34. The lowest BCUT2D eigenvalue weighted by molar-refractivity contribution is -0.127. The molecule has 120 valence electrons. The van der Waals surface area contributed by atoms with Crippen LogP contribution in [0.1, 0.15) is 32.3 Å². The molecule has 1 aromatic carbocycles. The van der Waals surface area contributed by atoms with Crippen molar-refractivity contribution in [3.63, 3.8) is 0 Å². The second kappa shape index (κ2) is 6.82. The van der Waals surface area contributed by atoms with Crippen molar-refractivity contribution in [3.05, 3.63) is 54.4 Å². The van der Waals surface area contributed by atoms with Gasteiger partial charge >= 0.3 is 0 Å². The van der Waals surface area contributed by atoms with E-state index in [1.807, 2.05) is 52.2 Å². The molecule has 2 aromatic rings. The molecule has 0 atom stereocenters. The summed E-state index contributed by atoms with van der Waals surface area (Å²) in [6, 6.07) is 10.4. The van der Waals surface area contributed by atoms with Crippen molar-refractivity contribution in [2.75, 3.05) is 6.54 Å². The second-order valence-corrected chi connectivity index (χ2v) is 6.50. The molecule has 0 spiro atoms. The quantitative estimate of drug-likeness (QED) is 0.766. The summed E-state index contributed by atoms with van der Waals surface area (Å²) in [5.74, 6) is 0.599. The Kier molecular flexibility index (Phi) is 4.60. The Bertz CT molecular complexity index is 684. The van der Waals surface area contributed by atoms with Crippen LogP contribution in [-0.4, -0.2) is 33.2 Å². The molecule has 3 rings (SSSR count). The molecule has 0 aliphatic heterocycles. The number of hydrogen-bond acceptors (Lipinski definition) is 2. The summed E-state index contributed by atoms with van der Waals surface area (Å²) in [7, 11) is 0. The van der Waals surface area contributed by atoms with Gasteiger partial charge in [0.15, 0.2) is 0 Å². The molecule has 1 saturated carbocycles. The van der Waals surface area contributed by atoms with Gasteiger partial charge in [0.25, 0.3) is 0 Å². The maximum atomic E-state index is 12.4. The molecule has 1 fully saturated rings. The van der Waals surface area contributed by atoms with Gasteiger partial charge in [-0.1, -0.05) is 32.0 Å². The molecule has 0 radical (unpaired) electrons. The minimum atomic E-state index is 0.105. The van der Waals surface area contributed by atoms with Crippen LogP contribution in [0.2, 0.25) is 0 Å². The topological polar surface area (TPSA) is 38.1 Å². The van der Waals surface area contributed by atoms with Crippen LogP contribution in [0.25, 0.3) is 11.8 Å². The van der Waals surface area contributed by atoms with Gasteiger partial charge in [-0.15, -0.1) is 0 Å². The van der Waals surface area contributed by atoms with Crippen molar-refractivity contribution in [2.45, 2.75) is 32.7 Å². The van der Waals surface area contributed by atoms with Crippen LogP contribution >= 0.6 is 0 Å². The van der Waals surface area contributed by atoms with E-state index in [2.05, 4.69) is 18.9 Å². The molecule has 1 aromatic heterocycles. The van der Waals surface area contributed by atoms with E-state index >= 15 is 0 Å².